The highest BCUT2D eigenvalue weighted by Crippen LogP contribution is 2.44. The molecule has 0 aromatic heterocycles. The lowest BCUT2D eigenvalue weighted by Crippen LogP contribution is -2.26. The van der Waals surface area contributed by atoms with Crippen LogP contribution in [0.25, 0.3) is 11.1 Å². The molecule has 1 aliphatic carbocycles. The molecule has 0 heterocycles. The van der Waals surface area contributed by atoms with Crippen LogP contribution in [0.3, 0.4) is 0 Å². The number of amides is 1. The molecule has 5 heteroatoms. The summed E-state index contributed by atoms with van der Waals surface area (Å²) in [7, 11) is 0. The van der Waals surface area contributed by atoms with Crippen molar-refractivity contribution in [2.24, 2.45) is 0 Å². The number of ether oxygens (including phenoxy) is 1. The zero-order valence-electron chi connectivity index (χ0n) is 16.9. The number of fused-ring (bicyclic) bond motifs is 3. The lowest BCUT2D eigenvalue weighted by atomic mass is 9.98. The zero-order valence-corrected chi connectivity index (χ0v) is 16.9. The highest BCUT2D eigenvalue weighted by atomic mass is 16.5. The number of carbonyl (C=O) groups excluding carboxylic acids is 1. The van der Waals surface area contributed by atoms with Crippen molar-refractivity contribution in [3.63, 3.8) is 0 Å². The molecule has 3 aromatic carbocycles. The number of hydrogen-bond acceptors (Lipinski definition) is 3. The molecule has 0 saturated heterocycles. The van der Waals surface area contributed by atoms with E-state index in [1.807, 2.05) is 31.2 Å². The molecule has 0 atom stereocenters. The molecule has 0 radical (unpaired) electrons. The lowest BCUT2D eigenvalue weighted by molar-refractivity contribution is 0.0696. The fraction of sp³-hybridized carbons (Fsp3) is 0.200. The van der Waals surface area contributed by atoms with Crippen molar-refractivity contribution in [3.8, 4) is 11.1 Å². The van der Waals surface area contributed by atoms with E-state index in [-0.39, 0.29) is 24.6 Å². The third-order valence-corrected chi connectivity index (χ3v) is 5.68. The van der Waals surface area contributed by atoms with Gasteiger partial charge in [0.05, 0.1) is 5.56 Å². The minimum atomic E-state index is -0.952. The molecule has 5 nitrogen and oxygen atoms in total. The third-order valence-electron chi connectivity index (χ3n) is 5.68. The minimum Gasteiger partial charge on any atom is -0.478 e. The maximum Gasteiger partial charge on any atom is 0.407 e. The number of carboxylic acid groups (broad SMARTS) is 1. The van der Waals surface area contributed by atoms with Crippen molar-refractivity contribution in [2.45, 2.75) is 26.3 Å². The Balaban J connectivity index is 1.42. The van der Waals surface area contributed by atoms with Crippen molar-refractivity contribution in [1.29, 1.82) is 0 Å². The van der Waals surface area contributed by atoms with E-state index in [9.17, 15) is 14.7 Å². The van der Waals surface area contributed by atoms with Gasteiger partial charge in [-0.1, -0.05) is 54.6 Å². The number of aromatic carboxylic acids is 1. The van der Waals surface area contributed by atoms with Crippen molar-refractivity contribution in [1.82, 2.24) is 5.32 Å². The normalized spacial score (nSPS) is 12.2. The molecule has 3 aromatic rings. The van der Waals surface area contributed by atoms with E-state index in [2.05, 4.69) is 29.6 Å². The van der Waals surface area contributed by atoms with Gasteiger partial charge in [-0.2, -0.15) is 0 Å². The fourth-order valence-corrected chi connectivity index (χ4v) is 4.11. The fourth-order valence-electron chi connectivity index (χ4n) is 4.11. The van der Waals surface area contributed by atoms with Crippen LogP contribution >= 0.6 is 0 Å². The topological polar surface area (TPSA) is 75.6 Å². The van der Waals surface area contributed by atoms with E-state index in [4.69, 9.17) is 4.74 Å². The van der Waals surface area contributed by atoms with Gasteiger partial charge in [0.25, 0.3) is 0 Å². The van der Waals surface area contributed by atoms with Crippen LogP contribution in [0.5, 0.6) is 0 Å². The summed E-state index contributed by atoms with van der Waals surface area (Å²) in [5, 5.41) is 12.0. The number of nitrogens with one attached hydrogen (secondary N) is 1. The summed E-state index contributed by atoms with van der Waals surface area (Å²) in [4.78, 5) is 23.6. The molecule has 1 amide bonds. The minimum absolute atomic E-state index is 0.0157. The van der Waals surface area contributed by atoms with Gasteiger partial charge in [0.15, 0.2) is 0 Å². The van der Waals surface area contributed by atoms with E-state index >= 15 is 0 Å². The SMILES string of the molecule is Cc1cc(C(=O)O)c(C)cc1CNC(=O)OCC1c2ccccc2-c2ccccc21. The van der Waals surface area contributed by atoms with E-state index in [1.54, 1.807) is 19.1 Å². The Kier molecular flexibility index (Phi) is 5.27. The maximum atomic E-state index is 12.3. The number of alkyl carbamates (subject to hydrolysis) is 1. The summed E-state index contributed by atoms with van der Waals surface area (Å²) >= 11 is 0. The van der Waals surface area contributed by atoms with Crippen LogP contribution in [0.4, 0.5) is 4.79 Å². The molecule has 0 aliphatic heterocycles. The van der Waals surface area contributed by atoms with Crippen LogP contribution in [0.2, 0.25) is 0 Å². The van der Waals surface area contributed by atoms with Gasteiger partial charge in [0.1, 0.15) is 6.61 Å². The molecule has 0 bridgehead atoms. The Hall–Kier alpha value is -3.60. The number of carbonyl (C=O) groups is 2. The van der Waals surface area contributed by atoms with Crippen LogP contribution in [0, 0.1) is 13.8 Å². The first kappa shape index (κ1) is 19.7. The summed E-state index contributed by atoms with van der Waals surface area (Å²) in [6, 6.07) is 19.8. The second-order valence-corrected chi connectivity index (χ2v) is 7.58. The molecule has 0 saturated carbocycles. The summed E-state index contributed by atoms with van der Waals surface area (Å²) < 4.78 is 5.55. The smallest absolute Gasteiger partial charge is 0.407 e. The van der Waals surface area contributed by atoms with Crippen LogP contribution in [-0.4, -0.2) is 23.8 Å². The van der Waals surface area contributed by atoms with Gasteiger partial charge in [-0.3, -0.25) is 0 Å². The zero-order chi connectivity index (χ0) is 21.3. The second-order valence-electron chi connectivity index (χ2n) is 7.58. The average molecular weight is 401 g/mol. The van der Waals surface area contributed by atoms with Crippen LogP contribution < -0.4 is 5.32 Å². The van der Waals surface area contributed by atoms with E-state index in [0.29, 0.717) is 5.56 Å². The van der Waals surface area contributed by atoms with Gasteiger partial charge >= 0.3 is 12.1 Å². The van der Waals surface area contributed by atoms with Crippen molar-refractivity contribution in [3.05, 3.63) is 94.0 Å². The van der Waals surface area contributed by atoms with Gasteiger partial charge < -0.3 is 15.2 Å². The molecule has 30 heavy (non-hydrogen) atoms. The first-order chi connectivity index (χ1) is 14.5. The van der Waals surface area contributed by atoms with E-state index in [0.717, 1.165) is 11.1 Å². The quantitative estimate of drug-likeness (QED) is 0.628. The molecular formula is C25H23NO4. The second kappa shape index (κ2) is 8.03. The Morgan fingerprint density at radius 1 is 0.933 bits per heavy atom. The van der Waals surface area contributed by atoms with Gasteiger partial charge in [-0.15, -0.1) is 0 Å². The van der Waals surface area contributed by atoms with Crippen LogP contribution in [-0.2, 0) is 11.3 Å². The molecule has 1 aliphatic rings. The van der Waals surface area contributed by atoms with Crippen LogP contribution in [0.15, 0.2) is 60.7 Å². The highest BCUT2D eigenvalue weighted by Gasteiger charge is 2.28. The Bertz CT molecular complexity index is 1090. The molecule has 4 rings (SSSR count). The van der Waals surface area contributed by atoms with E-state index in [1.165, 1.54) is 22.3 Å². The van der Waals surface area contributed by atoms with Crippen molar-refractivity contribution < 1.29 is 19.4 Å². The Labute approximate surface area is 175 Å². The summed E-state index contributed by atoms with van der Waals surface area (Å²) in [6.45, 7) is 4.12. The van der Waals surface area contributed by atoms with Crippen molar-refractivity contribution >= 4 is 12.1 Å². The predicted octanol–water partition coefficient (Wildman–Crippen LogP) is 5.04. The number of aryl methyl sites for hydroxylation is 2. The van der Waals surface area contributed by atoms with Gasteiger partial charge in [0, 0.05) is 12.5 Å². The Morgan fingerprint density at radius 3 is 2.13 bits per heavy atom. The Morgan fingerprint density at radius 2 is 1.53 bits per heavy atom. The standard InChI is InChI=1S/C25H23NO4/c1-15-12-22(24(27)28)16(2)11-17(15)13-26-25(29)30-14-23-20-9-5-3-7-18(20)19-8-4-6-10-21(19)23/h3-12,23H,13-14H2,1-2H3,(H,26,29)(H,27,28). The number of benzene rings is 3. The molecule has 0 fully saturated rings. The summed E-state index contributed by atoms with van der Waals surface area (Å²) in [5.74, 6) is -0.936. The molecule has 0 unspecified atom stereocenters. The van der Waals surface area contributed by atoms with Crippen molar-refractivity contribution in [2.75, 3.05) is 6.61 Å². The number of rotatable bonds is 5. The number of hydrogen-bond donors (Lipinski definition) is 2. The maximum absolute atomic E-state index is 12.3. The van der Waals surface area contributed by atoms with Gasteiger partial charge in [-0.05, 0) is 58.9 Å². The van der Waals surface area contributed by atoms with Crippen LogP contribution in [0.1, 0.15) is 44.1 Å². The predicted molar refractivity (Wildman–Crippen MR) is 115 cm³/mol. The largest absolute Gasteiger partial charge is 0.478 e. The third kappa shape index (κ3) is 3.66. The number of carboxylic acids is 1. The first-order valence-corrected chi connectivity index (χ1v) is 9.88. The van der Waals surface area contributed by atoms with E-state index < -0.39 is 12.1 Å². The molecule has 0 spiro atoms. The average Bonchev–Trinajstić information content (AvgIpc) is 3.06. The summed E-state index contributed by atoms with van der Waals surface area (Å²) in [5.41, 5.74) is 7.33. The molecular weight excluding hydrogens is 378 g/mol. The first-order valence-electron chi connectivity index (χ1n) is 9.88. The molecule has 2 N–H and O–H groups in total. The van der Waals surface area contributed by atoms with Gasteiger partial charge in [-0.25, -0.2) is 9.59 Å². The monoisotopic (exact) mass is 401 g/mol. The summed E-state index contributed by atoms with van der Waals surface area (Å²) in [6.07, 6.45) is -0.490. The molecule has 152 valence electrons. The lowest BCUT2D eigenvalue weighted by Gasteiger charge is -2.15. The highest BCUT2D eigenvalue weighted by molar-refractivity contribution is 5.89. The van der Waals surface area contributed by atoms with Gasteiger partial charge in [0.2, 0.25) is 0 Å².